The fourth-order valence-electron chi connectivity index (χ4n) is 2.96. The molecule has 6 heteroatoms. The molecule has 0 aromatic heterocycles. The summed E-state index contributed by atoms with van der Waals surface area (Å²) in [5, 5.41) is 2.64. The first-order valence-electron chi connectivity index (χ1n) is 7.87. The molecule has 126 valence electrons. The van der Waals surface area contributed by atoms with Gasteiger partial charge in [0.1, 0.15) is 0 Å². The lowest BCUT2D eigenvalue weighted by Gasteiger charge is -2.41. The zero-order valence-electron chi connectivity index (χ0n) is 14.0. The van der Waals surface area contributed by atoms with Crippen LogP contribution in [0, 0.1) is 0 Å². The smallest absolute Gasteiger partial charge is 0.251 e. The Balaban J connectivity index is 2.23. The van der Waals surface area contributed by atoms with E-state index in [0.717, 1.165) is 25.2 Å². The number of amides is 2. The van der Waals surface area contributed by atoms with Gasteiger partial charge in [0.2, 0.25) is 5.91 Å². The molecule has 0 bridgehead atoms. The molecular formula is C17H25N3O3. The lowest BCUT2D eigenvalue weighted by Crippen LogP contribution is -2.50. The van der Waals surface area contributed by atoms with E-state index in [1.807, 2.05) is 23.1 Å². The number of piperazine rings is 1. The first-order valence-corrected chi connectivity index (χ1v) is 7.87. The summed E-state index contributed by atoms with van der Waals surface area (Å²) in [5.41, 5.74) is 1.60. The van der Waals surface area contributed by atoms with Crippen LogP contribution in [0.15, 0.2) is 24.3 Å². The number of nitrogens with zero attached hydrogens (tertiary/aromatic N) is 2. The van der Waals surface area contributed by atoms with Crippen molar-refractivity contribution in [1.82, 2.24) is 15.1 Å². The van der Waals surface area contributed by atoms with Crippen LogP contribution in [0.4, 0.5) is 0 Å². The second-order valence-electron chi connectivity index (χ2n) is 5.73. The van der Waals surface area contributed by atoms with Crippen molar-refractivity contribution in [3.63, 3.8) is 0 Å². The van der Waals surface area contributed by atoms with E-state index < -0.39 is 0 Å². The van der Waals surface area contributed by atoms with Gasteiger partial charge in [0.25, 0.3) is 5.91 Å². The zero-order valence-corrected chi connectivity index (χ0v) is 14.0. The van der Waals surface area contributed by atoms with Gasteiger partial charge in [0.15, 0.2) is 0 Å². The SMILES string of the molecule is CNC(=O)c1cccc([C@@H]2CN(CCOC)CCN2C(C)=O)c1. The van der Waals surface area contributed by atoms with Crippen molar-refractivity contribution in [2.24, 2.45) is 0 Å². The molecular weight excluding hydrogens is 294 g/mol. The minimum Gasteiger partial charge on any atom is -0.383 e. The highest BCUT2D eigenvalue weighted by atomic mass is 16.5. The van der Waals surface area contributed by atoms with E-state index in [-0.39, 0.29) is 17.9 Å². The van der Waals surface area contributed by atoms with E-state index in [1.54, 1.807) is 27.1 Å². The highest BCUT2D eigenvalue weighted by Crippen LogP contribution is 2.26. The van der Waals surface area contributed by atoms with Gasteiger partial charge < -0.3 is 15.0 Å². The maximum atomic E-state index is 12.0. The van der Waals surface area contributed by atoms with Crippen LogP contribution in [0.3, 0.4) is 0 Å². The molecule has 6 nitrogen and oxygen atoms in total. The summed E-state index contributed by atoms with van der Waals surface area (Å²) in [5.74, 6) is -0.0555. The van der Waals surface area contributed by atoms with Crippen molar-refractivity contribution < 1.29 is 14.3 Å². The second kappa shape index (κ2) is 8.08. The van der Waals surface area contributed by atoms with Crippen LogP contribution < -0.4 is 5.32 Å². The lowest BCUT2D eigenvalue weighted by atomic mass is 9.99. The maximum Gasteiger partial charge on any atom is 0.251 e. The van der Waals surface area contributed by atoms with E-state index in [0.29, 0.717) is 18.7 Å². The van der Waals surface area contributed by atoms with Crippen LogP contribution in [-0.2, 0) is 9.53 Å². The summed E-state index contributed by atoms with van der Waals surface area (Å²) in [6, 6.07) is 7.47. The molecule has 1 heterocycles. The molecule has 2 amide bonds. The molecule has 2 rings (SSSR count). The van der Waals surface area contributed by atoms with E-state index in [9.17, 15) is 9.59 Å². The highest BCUT2D eigenvalue weighted by Gasteiger charge is 2.30. The van der Waals surface area contributed by atoms with Gasteiger partial charge in [-0.25, -0.2) is 0 Å². The average molecular weight is 319 g/mol. The number of methoxy groups -OCH3 is 1. The predicted octanol–water partition coefficient (Wildman–Crippen LogP) is 0.898. The Kier molecular flexibility index (Phi) is 6.12. The summed E-state index contributed by atoms with van der Waals surface area (Å²) >= 11 is 0. The Morgan fingerprint density at radius 2 is 2.13 bits per heavy atom. The maximum absolute atomic E-state index is 12.0. The van der Waals surface area contributed by atoms with Crippen LogP contribution in [0.1, 0.15) is 28.9 Å². The third kappa shape index (κ3) is 4.30. The number of rotatable bonds is 5. The van der Waals surface area contributed by atoms with Gasteiger partial charge >= 0.3 is 0 Å². The minimum atomic E-state index is -0.117. The molecule has 1 atom stereocenters. The molecule has 0 unspecified atom stereocenters. The normalized spacial score (nSPS) is 18.7. The van der Waals surface area contributed by atoms with Crippen LogP contribution >= 0.6 is 0 Å². The van der Waals surface area contributed by atoms with Crippen molar-refractivity contribution in [3.8, 4) is 0 Å². The summed E-state index contributed by atoms with van der Waals surface area (Å²) in [6.07, 6.45) is 0. The number of hydrogen-bond donors (Lipinski definition) is 1. The highest BCUT2D eigenvalue weighted by molar-refractivity contribution is 5.94. The van der Waals surface area contributed by atoms with Gasteiger partial charge in [0.05, 0.1) is 12.6 Å². The summed E-state index contributed by atoms with van der Waals surface area (Å²) < 4.78 is 5.15. The van der Waals surface area contributed by atoms with Crippen LogP contribution in [-0.4, -0.2) is 68.6 Å². The van der Waals surface area contributed by atoms with Crippen molar-refractivity contribution in [3.05, 3.63) is 35.4 Å². The number of ether oxygens (including phenoxy) is 1. The molecule has 0 spiro atoms. The summed E-state index contributed by atoms with van der Waals surface area (Å²) in [4.78, 5) is 28.0. The number of hydrogen-bond acceptors (Lipinski definition) is 4. The molecule has 0 radical (unpaired) electrons. The first kappa shape index (κ1) is 17.4. The second-order valence-corrected chi connectivity index (χ2v) is 5.73. The lowest BCUT2D eigenvalue weighted by molar-refractivity contribution is -0.134. The zero-order chi connectivity index (χ0) is 16.8. The van der Waals surface area contributed by atoms with Gasteiger partial charge in [-0.2, -0.15) is 0 Å². The minimum absolute atomic E-state index is 0.0392. The van der Waals surface area contributed by atoms with E-state index in [4.69, 9.17) is 4.74 Å². The number of benzene rings is 1. The third-order valence-corrected chi connectivity index (χ3v) is 4.24. The number of nitrogens with one attached hydrogen (secondary N) is 1. The van der Waals surface area contributed by atoms with Gasteiger partial charge in [-0.05, 0) is 17.7 Å². The Labute approximate surface area is 137 Å². The Morgan fingerprint density at radius 3 is 2.78 bits per heavy atom. The van der Waals surface area contributed by atoms with E-state index >= 15 is 0 Å². The Morgan fingerprint density at radius 1 is 1.35 bits per heavy atom. The molecule has 1 N–H and O–H groups in total. The van der Waals surface area contributed by atoms with Crippen molar-refractivity contribution in [2.75, 3.05) is 46.9 Å². The van der Waals surface area contributed by atoms with E-state index in [2.05, 4.69) is 10.2 Å². The van der Waals surface area contributed by atoms with Gasteiger partial charge in [-0.15, -0.1) is 0 Å². The predicted molar refractivity (Wildman–Crippen MR) is 88.3 cm³/mol. The molecule has 1 aromatic carbocycles. The quantitative estimate of drug-likeness (QED) is 0.876. The molecule has 23 heavy (non-hydrogen) atoms. The molecule has 1 aliphatic heterocycles. The first-order chi connectivity index (χ1) is 11.1. The topological polar surface area (TPSA) is 61.9 Å². The Hall–Kier alpha value is -1.92. The fourth-order valence-corrected chi connectivity index (χ4v) is 2.96. The van der Waals surface area contributed by atoms with Gasteiger partial charge in [-0.3, -0.25) is 14.5 Å². The van der Waals surface area contributed by atoms with Crippen LogP contribution in [0.2, 0.25) is 0 Å². The summed E-state index contributed by atoms with van der Waals surface area (Å²) in [7, 11) is 3.31. The largest absolute Gasteiger partial charge is 0.383 e. The molecule has 1 fully saturated rings. The Bertz CT molecular complexity index is 562. The molecule has 0 aliphatic carbocycles. The van der Waals surface area contributed by atoms with Crippen molar-refractivity contribution in [2.45, 2.75) is 13.0 Å². The van der Waals surface area contributed by atoms with Crippen molar-refractivity contribution in [1.29, 1.82) is 0 Å². The average Bonchev–Trinajstić information content (AvgIpc) is 2.58. The number of carbonyl (C=O) groups excluding carboxylic acids is 2. The third-order valence-electron chi connectivity index (χ3n) is 4.24. The van der Waals surface area contributed by atoms with Crippen LogP contribution in [0.5, 0.6) is 0 Å². The molecule has 0 saturated carbocycles. The van der Waals surface area contributed by atoms with E-state index in [1.165, 1.54) is 0 Å². The standard InChI is InChI=1S/C17H25N3O3/c1-13(21)20-8-7-19(9-10-23-3)12-16(20)14-5-4-6-15(11-14)17(22)18-2/h4-6,11,16H,7-10,12H2,1-3H3,(H,18,22)/t16-/m0/s1. The fraction of sp³-hybridized carbons (Fsp3) is 0.529. The van der Waals surface area contributed by atoms with Gasteiger partial charge in [0, 0.05) is 52.8 Å². The van der Waals surface area contributed by atoms with Gasteiger partial charge in [-0.1, -0.05) is 12.1 Å². The monoisotopic (exact) mass is 319 g/mol. The molecule has 1 aromatic rings. The summed E-state index contributed by atoms with van der Waals surface area (Å²) in [6.45, 7) is 5.39. The molecule has 1 saturated heterocycles. The van der Waals surface area contributed by atoms with Crippen molar-refractivity contribution >= 4 is 11.8 Å². The number of carbonyl (C=O) groups is 2. The molecule has 1 aliphatic rings. The van der Waals surface area contributed by atoms with Crippen LogP contribution in [0.25, 0.3) is 0 Å².